The largest absolute Gasteiger partial charge is 0.162 e. The molecule has 0 spiro atoms. The number of unbranched alkanes of at least 4 members (excludes halogenated alkanes) is 3. The maximum atomic E-state index is 4.86. The quantitative estimate of drug-likeness (QED) is 0.525. The molecule has 2 heteroatoms. The fourth-order valence-corrected chi connectivity index (χ4v) is 2.09. The predicted octanol–water partition coefficient (Wildman–Crippen LogP) is 3.89. The lowest BCUT2D eigenvalue weighted by atomic mass is 10.3. The molecule has 0 bridgehead atoms. The first-order valence-electron chi connectivity index (χ1n) is 4.57. The maximum Gasteiger partial charge on any atom is 0.00372 e. The van der Waals surface area contributed by atoms with Gasteiger partial charge in [-0.05, 0) is 30.8 Å². The van der Waals surface area contributed by atoms with E-state index >= 15 is 0 Å². The van der Waals surface area contributed by atoms with E-state index in [1.54, 1.807) is 0 Å². The highest BCUT2D eigenvalue weighted by Crippen LogP contribution is 2.08. The molecule has 0 aliphatic heterocycles. The van der Waals surface area contributed by atoms with E-state index in [-0.39, 0.29) is 0 Å². The topological polar surface area (TPSA) is 0 Å². The van der Waals surface area contributed by atoms with E-state index < -0.39 is 0 Å². The van der Waals surface area contributed by atoms with Gasteiger partial charge in [-0.25, -0.2) is 0 Å². The van der Waals surface area contributed by atoms with E-state index in [1.807, 2.05) is 0 Å². The van der Waals surface area contributed by atoms with E-state index in [0.717, 1.165) is 5.75 Å². The lowest BCUT2D eigenvalue weighted by molar-refractivity contribution is 0.777. The van der Waals surface area contributed by atoms with Gasteiger partial charge in [0.2, 0.25) is 0 Å². The Kier molecular flexibility index (Phi) is 11.4. The Labute approximate surface area is 80.9 Å². The highest BCUT2D eigenvalue weighted by atomic mass is 32.2. The van der Waals surface area contributed by atoms with Crippen LogP contribution in [0.5, 0.6) is 0 Å². The SMILES string of the molecule is CCCCCSCCCC[S]. The summed E-state index contributed by atoms with van der Waals surface area (Å²) in [4.78, 5) is 0. The summed E-state index contributed by atoms with van der Waals surface area (Å²) >= 11 is 6.95. The second-order valence-corrected chi connectivity index (χ2v) is 4.36. The van der Waals surface area contributed by atoms with Crippen molar-refractivity contribution in [2.45, 2.75) is 39.0 Å². The second kappa shape index (κ2) is 10.7. The van der Waals surface area contributed by atoms with Crippen LogP contribution in [0.2, 0.25) is 0 Å². The first-order chi connectivity index (χ1) is 5.41. The molecule has 0 unspecified atom stereocenters. The van der Waals surface area contributed by atoms with Crippen LogP contribution >= 0.6 is 24.4 Å². The smallest absolute Gasteiger partial charge is 0.00372 e. The highest BCUT2D eigenvalue weighted by molar-refractivity contribution is 7.99. The van der Waals surface area contributed by atoms with E-state index in [0.29, 0.717) is 0 Å². The summed E-state index contributed by atoms with van der Waals surface area (Å²) in [5.74, 6) is 3.61. The number of rotatable bonds is 8. The van der Waals surface area contributed by atoms with Crippen molar-refractivity contribution in [3.05, 3.63) is 0 Å². The average molecular weight is 191 g/mol. The van der Waals surface area contributed by atoms with E-state index in [1.165, 1.54) is 43.6 Å². The van der Waals surface area contributed by atoms with Crippen molar-refractivity contribution in [1.29, 1.82) is 0 Å². The first kappa shape index (κ1) is 11.7. The standard InChI is InChI=1S/C9H19S2/c1-2-3-5-8-11-9-6-4-7-10/h2-9H2,1H3. The average Bonchev–Trinajstić information content (AvgIpc) is 2.03. The second-order valence-electron chi connectivity index (χ2n) is 2.73. The summed E-state index contributed by atoms with van der Waals surface area (Å²) in [5.41, 5.74) is 0. The van der Waals surface area contributed by atoms with Crippen molar-refractivity contribution in [1.82, 2.24) is 0 Å². The van der Waals surface area contributed by atoms with Crippen molar-refractivity contribution in [2.24, 2.45) is 0 Å². The van der Waals surface area contributed by atoms with Gasteiger partial charge in [0.25, 0.3) is 0 Å². The fraction of sp³-hybridized carbons (Fsp3) is 1.00. The molecule has 11 heavy (non-hydrogen) atoms. The molecule has 0 N–H and O–H groups in total. The van der Waals surface area contributed by atoms with Gasteiger partial charge in [-0.1, -0.05) is 32.4 Å². The van der Waals surface area contributed by atoms with Crippen LogP contribution in [0.3, 0.4) is 0 Å². The molecular weight excluding hydrogens is 172 g/mol. The Morgan fingerprint density at radius 1 is 1.00 bits per heavy atom. The van der Waals surface area contributed by atoms with Gasteiger partial charge in [-0.3, -0.25) is 0 Å². The minimum absolute atomic E-state index is 0.940. The normalized spacial score (nSPS) is 10.4. The molecular formula is C9H19S2. The predicted molar refractivity (Wildman–Crippen MR) is 58.5 cm³/mol. The van der Waals surface area contributed by atoms with Crippen LogP contribution in [0.25, 0.3) is 0 Å². The van der Waals surface area contributed by atoms with Gasteiger partial charge >= 0.3 is 0 Å². The summed E-state index contributed by atoms with van der Waals surface area (Å²) in [5, 5.41) is 0. The molecule has 0 saturated carbocycles. The third kappa shape index (κ3) is 10.7. The monoisotopic (exact) mass is 191 g/mol. The lowest BCUT2D eigenvalue weighted by Gasteiger charge is -1.98. The van der Waals surface area contributed by atoms with Crippen molar-refractivity contribution >= 4 is 24.4 Å². The van der Waals surface area contributed by atoms with Crippen molar-refractivity contribution in [2.75, 3.05) is 17.3 Å². The van der Waals surface area contributed by atoms with Crippen LogP contribution in [0.1, 0.15) is 39.0 Å². The van der Waals surface area contributed by atoms with E-state index in [4.69, 9.17) is 12.6 Å². The molecule has 0 aliphatic rings. The van der Waals surface area contributed by atoms with Gasteiger partial charge in [0, 0.05) is 5.75 Å². The molecule has 0 nitrogen and oxygen atoms in total. The van der Waals surface area contributed by atoms with Gasteiger partial charge < -0.3 is 0 Å². The van der Waals surface area contributed by atoms with Gasteiger partial charge in [0.15, 0.2) is 0 Å². The molecule has 0 aromatic heterocycles. The van der Waals surface area contributed by atoms with E-state index in [9.17, 15) is 0 Å². The van der Waals surface area contributed by atoms with Crippen LogP contribution < -0.4 is 0 Å². The van der Waals surface area contributed by atoms with Gasteiger partial charge in [-0.2, -0.15) is 11.8 Å². The third-order valence-electron chi connectivity index (χ3n) is 1.58. The Bertz CT molecular complexity index is 56.6. The summed E-state index contributed by atoms with van der Waals surface area (Å²) in [7, 11) is 0. The molecule has 0 heterocycles. The Morgan fingerprint density at radius 2 is 1.64 bits per heavy atom. The Morgan fingerprint density at radius 3 is 2.18 bits per heavy atom. The lowest BCUT2D eigenvalue weighted by Crippen LogP contribution is -1.85. The zero-order valence-electron chi connectivity index (χ0n) is 7.47. The van der Waals surface area contributed by atoms with Crippen molar-refractivity contribution in [3.8, 4) is 0 Å². The molecule has 0 saturated heterocycles. The molecule has 67 valence electrons. The van der Waals surface area contributed by atoms with E-state index in [2.05, 4.69) is 18.7 Å². The molecule has 0 aromatic carbocycles. The molecule has 0 rings (SSSR count). The minimum Gasteiger partial charge on any atom is -0.162 e. The molecule has 0 fully saturated rings. The van der Waals surface area contributed by atoms with Crippen LogP contribution in [0.4, 0.5) is 0 Å². The van der Waals surface area contributed by atoms with Crippen LogP contribution in [0.15, 0.2) is 0 Å². The van der Waals surface area contributed by atoms with Gasteiger partial charge in [0.1, 0.15) is 0 Å². The molecule has 1 radical (unpaired) electrons. The molecule has 0 amide bonds. The summed E-state index contributed by atoms with van der Waals surface area (Å²) in [6, 6.07) is 0. The third-order valence-corrected chi connectivity index (χ3v) is 3.02. The van der Waals surface area contributed by atoms with Gasteiger partial charge in [-0.15, -0.1) is 0 Å². The summed E-state index contributed by atoms with van der Waals surface area (Å²) in [6.45, 7) is 2.25. The molecule has 0 aromatic rings. The van der Waals surface area contributed by atoms with Crippen LogP contribution in [0, 0.1) is 0 Å². The summed E-state index contributed by atoms with van der Waals surface area (Å²) < 4.78 is 0. The Balaban J connectivity index is 2.69. The molecule has 0 atom stereocenters. The van der Waals surface area contributed by atoms with Crippen molar-refractivity contribution in [3.63, 3.8) is 0 Å². The maximum absolute atomic E-state index is 4.86. The first-order valence-corrected chi connectivity index (χ1v) is 6.31. The Hall–Kier alpha value is 0.700. The van der Waals surface area contributed by atoms with Crippen molar-refractivity contribution < 1.29 is 0 Å². The fourth-order valence-electron chi connectivity index (χ4n) is 0.862. The zero-order chi connectivity index (χ0) is 8.36. The number of hydrogen-bond acceptors (Lipinski definition) is 1. The zero-order valence-corrected chi connectivity index (χ0v) is 9.11. The van der Waals surface area contributed by atoms with Crippen LogP contribution in [-0.4, -0.2) is 17.3 Å². The molecule has 0 aliphatic carbocycles. The van der Waals surface area contributed by atoms with Crippen LogP contribution in [-0.2, 0) is 0 Å². The number of thioether (sulfide) groups is 1. The van der Waals surface area contributed by atoms with Gasteiger partial charge in [0.05, 0.1) is 0 Å². The number of hydrogen-bond donors (Lipinski definition) is 0. The summed E-state index contributed by atoms with van der Waals surface area (Å²) in [6.07, 6.45) is 6.69. The highest BCUT2D eigenvalue weighted by Gasteiger charge is 1.89. The minimum atomic E-state index is 0.940.